The number of ether oxygens (including phenoxy) is 2. The van der Waals surface area contributed by atoms with Gasteiger partial charge in [0.15, 0.2) is 0 Å². The van der Waals surface area contributed by atoms with Gasteiger partial charge in [-0.3, -0.25) is 4.79 Å². The molecule has 0 bridgehead atoms. The van der Waals surface area contributed by atoms with E-state index in [-0.39, 0.29) is 25.0 Å². The standard InChI is InChI=1S/C21H41N3O5/c1-20(2,3)28-18(26)23-15-12-10-8-7-9-11-14-22-17(25)13-16-24-19(27)29-21(4,5)6/h7-16H2,1-6H3,(H,22,25)(H,23,26)(H,24,27). The van der Waals surface area contributed by atoms with Gasteiger partial charge in [-0.15, -0.1) is 0 Å². The van der Waals surface area contributed by atoms with Crippen molar-refractivity contribution in [3.05, 3.63) is 0 Å². The van der Waals surface area contributed by atoms with E-state index < -0.39 is 17.3 Å². The summed E-state index contributed by atoms with van der Waals surface area (Å²) in [6.07, 6.45) is 5.54. The van der Waals surface area contributed by atoms with Gasteiger partial charge >= 0.3 is 12.2 Å². The van der Waals surface area contributed by atoms with Crippen LogP contribution in [0.25, 0.3) is 0 Å². The molecule has 8 heteroatoms. The Bertz CT molecular complexity index is 496. The molecule has 0 aromatic carbocycles. The molecule has 3 amide bonds. The Morgan fingerprint density at radius 2 is 0.966 bits per heavy atom. The maximum atomic E-state index is 11.7. The van der Waals surface area contributed by atoms with Crippen LogP contribution < -0.4 is 16.0 Å². The van der Waals surface area contributed by atoms with Crippen LogP contribution in [0.2, 0.25) is 0 Å². The lowest BCUT2D eigenvalue weighted by molar-refractivity contribution is -0.120. The fourth-order valence-electron chi connectivity index (χ4n) is 2.37. The second-order valence-corrected chi connectivity index (χ2v) is 9.08. The van der Waals surface area contributed by atoms with Gasteiger partial charge in [-0.05, 0) is 54.4 Å². The lowest BCUT2D eigenvalue weighted by Gasteiger charge is -2.19. The van der Waals surface area contributed by atoms with E-state index in [2.05, 4.69) is 16.0 Å². The first-order valence-electron chi connectivity index (χ1n) is 10.6. The molecule has 0 radical (unpaired) electrons. The summed E-state index contributed by atoms with van der Waals surface area (Å²) in [5.74, 6) is -0.0747. The Kier molecular flexibility index (Phi) is 13.1. The van der Waals surface area contributed by atoms with Crippen molar-refractivity contribution in [1.29, 1.82) is 0 Å². The van der Waals surface area contributed by atoms with Crippen LogP contribution in [0.3, 0.4) is 0 Å². The summed E-state index contributed by atoms with van der Waals surface area (Å²) in [7, 11) is 0. The van der Waals surface area contributed by atoms with E-state index in [1.807, 2.05) is 20.8 Å². The molecular weight excluding hydrogens is 374 g/mol. The van der Waals surface area contributed by atoms with Crippen molar-refractivity contribution in [2.45, 2.75) is 97.7 Å². The quantitative estimate of drug-likeness (QED) is 0.419. The Labute approximate surface area is 175 Å². The van der Waals surface area contributed by atoms with E-state index in [0.717, 1.165) is 38.5 Å². The van der Waals surface area contributed by atoms with E-state index in [9.17, 15) is 14.4 Å². The van der Waals surface area contributed by atoms with Crippen molar-refractivity contribution in [3.63, 3.8) is 0 Å². The Balaban J connectivity index is 3.45. The Morgan fingerprint density at radius 1 is 0.586 bits per heavy atom. The van der Waals surface area contributed by atoms with Crippen LogP contribution in [0.15, 0.2) is 0 Å². The number of carbonyl (C=O) groups is 3. The van der Waals surface area contributed by atoms with E-state index in [0.29, 0.717) is 13.1 Å². The predicted molar refractivity (Wildman–Crippen MR) is 114 cm³/mol. The normalized spacial score (nSPS) is 11.5. The highest BCUT2D eigenvalue weighted by Crippen LogP contribution is 2.08. The van der Waals surface area contributed by atoms with Crippen molar-refractivity contribution in [2.24, 2.45) is 0 Å². The highest BCUT2D eigenvalue weighted by Gasteiger charge is 2.16. The van der Waals surface area contributed by atoms with Crippen molar-refractivity contribution in [2.75, 3.05) is 19.6 Å². The minimum absolute atomic E-state index is 0.0747. The number of amides is 3. The molecule has 0 aliphatic heterocycles. The molecule has 0 aromatic heterocycles. The molecule has 0 saturated carbocycles. The third-order valence-corrected chi connectivity index (χ3v) is 3.61. The van der Waals surface area contributed by atoms with Gasteiger partial charge in [0, 0.05) is 26.1 Å². The third-order valence-electron chi connectivity index (χ3n) is 3.61. The molecule has 0 aliphatic rings. The summed E-state index contributed by atoms with van der Waals surface area (Å²) in [6.45, 7) is 12.4. The first-order valence-corrected chi connectivity index (χ1v) is 10.6. The molecule has 0 aliphatic carbocycles. The molecule has 0 heterocycles. The van der Waals surface area contributed by atoms with Crippen molar-refractivity contribution < 1.29 is 23.9 Å². The van der Waals surface area contributed by atoms with Crippen LogP contribution in [0.4, 0.5) is 9.59 Å². The molecule has 0 aromatic rings. The van der Waals surface area contributed by atoms with Crippen LogP contribution >= 0.6 is 0 Å². The van der Waals surface area contributed by atoms with Gasteiger partial charge in [-0.1, -0.05) is 25.7 Å². The number of rotatable bonds is 12. The average Bonchev–Trinajstić information content (AvgIpc) is 2.53. The van der Waals surface area contributed by atoms with Gasteiger partial charge in [0.1, 0.15) is 11.2 Å². The van der Waals surface area contributed by atoms with Gasteiger partial charge in [-0.2, -0.15) is 0 Å². The van der Waals surface area contributed by atoms with Crippen LogP contribution in [-0.2, 0) is 14.3 Å². The molecule has 0 unspecified atom stereocenters. The van der Waals surface area contributed by atoms with Crippen LogP contribution in [0.1, 0.15) is 86.5 Å². The number of hydrogen-bond donors (Lipinski definition) is 3. The van der Waals surface area contributed by atoms with Gasteiger partial charge in [0.25, 0.3) is 0 Å². The first kappa shape index (κ1) is 27.0. The lowest BCUT2D eigenvalue weighted by Crippen LogP contribution is -2.35. The van der Waals surface area contributed by atoms with E-state index >= 15 is 0 Å². The maximum Gasteiger partial charge on any atom is 0.407 e. The van der Waals surface area contributed by atoms with Crippen LogP contribution in [0, 0.1) is 0 Å². The summed E-state index contributed by atoms with van der Waals surface area (Å²) >= 11 is 0. The predicted octanol–water partition coefficient (Wildman–Crippen LogP) is 3.88. The number of nitrogens with one attached hydrogen (secondary N) is 3. The van der Waals surface area contributed by atoms with Gasteiger partial charge in [0.05, 0.1) is 0 Å². The fraction of sp³-hybridized carbons (Fsp3) is 0.857. The van der Waals surface area contributed by atoms with Crippen molar-refractivity contribution in [3.8, 4) is 0 Å². The summed E-state index contributed by atoms with van der Waals surface area (Å²) < 4.78 is 10.3. The molecule has 0 spiro atoms. The minimum atomic E-state index is -0.541. The highest BCUT2D eigenvalue weighted by molar-refractivity contribution is 5.77. The molecule has 29 heavy (non-hydrogen) atoms. The molecule has 3 N–H and O–H groups in total. The summed E-state index contributed by atoms with van der Waals surface area (Å²) in [4.78, 5) is 34.7. The van der Waals surface area contributed by atoms with Crippen molar-refractivity contribution in [1.82, 2.24) is 16.0 Å². The van der Waals surface area contributed by atoms with E-state index in [1.165, 1.54) is 0 Å². The maximum absolute atomic E-state index is 11.7. The van der Waals surface area contributed by atoms with E-state index in [4.69, 9.17) is 9.47 Å². The number of unbranched alkanes of at least 4 members (excludes halogenated alkanes) is 5. The third kappa shape index (κ3) is 20.6. The van der Waals surface area contributed by atoms with Crippen LogP contribution in [-0.4, -0.2) is 48.9 Å². The molecular formula is C21H41N3O5. The van der Waals surface area contributed by atoms with Crippen molar-refractivity contribution >= 4 is 18.1 Å². The molecule has 170 valence electrons. The molecule has 0 rings (SSSR count). The second-order valence-electron chi connectivity index (χ2n) is 9.08. The molecule has 0 fully saturated rings. The molecule has 0 saturated heterocycles. The fourth-order valence-corrected chi connectivity index (χ4v) is 2.37. The summed E-state index contributed by atoms with van der Waals surface area (Å²) in [5, 5.41) is 8.18. The van der Waals surface area contributed by atoms with Gasteiger partial charge in [-0.25, -0.2) is 9.59 Å². The monoisotopic (exact) mass is 415 g/mol. The zero-order chi connectivity index (χ0) is 22.3. The lowest BCUT2D eigenvalue weighted by atomic mass is 10.1. The minimum Gasteiger partial charge on any atom is -0.444 e. The summed E-state index contributed by atoms with van der Waals surface area (Å²) in [6, 6.07) is 0. The first-order chi connectivity index (χ1) is 13.4. The smallest absolute Gasteiger partial charge is 0.407 e. The van der Waals surface area contributed by atoms with Gasteiger partial charge in [0.2, 0.25) is 5.91 Å². The number of hydrogen-bond acceptors (Lipinski definition) is 5. The SMILES string of the molecule is CC(C)(C)OC(=O)NCCCCCCCCNC(=O)CCNC(=O)OC(C)(C)C. The molecule has 0 atom stereocenters. The average molecular weight is 416 g/mol. The summed E-state index contributed by atoms with van der Waals surface area (Å²) in [5.41, 5.74) is -1.00. The topological polar surface area (TPSA) is 106 Å². The Hall–Kier alpha value is -1.99. The second kappa shape index (κ2) is 14.1. The van der Waals surface area contributed by atoms with Crippen LogP contribution in [0.5, 0.6) is 0 Å². The highest BCUT2D eigenvalue weighted by atomic mass is 16.6. The number of carbonyl (C=O) groups excluding carboxylic acids is 3. The van der Waals surface area contributed by atoms with E-state index in [1.54, 1.807) is 20.8 Å². The largest absolute Gasteiger partial charge is 0.444 e. The Morgan fingerprint density at radius 3 is 1.41 bits per heavy atom. The zero-order valence-electron chi connectivity index (χ0n) is 19.1. The van der Waals surface area contributed by atoms with Gasteiger partial charge < -0.3 is 25.4 Å². The number of alkyl carbamates (subject to hydrolysis) is 2. The molecule has 8 nitrogen and oxygen atoms in total. The zero-order valence-corrected chi connectivity index (χ0v) is 19.1.